The van der Waals surface area contributed by atoms with Crippen LogP contribution in [-0.2, 0) is 16.0 Å². The van der Waals surface area contributed by atoms with Gasteiger partial charge in [0.25, 0.3) is 0 Å². The Kier molecular flexibility index (Phi) is 5.83. The summed E-state index contributed by atoms with van der Waals surface area (Å²) in [4.78, 5) is 17.3. The average Bonchev–Trinajstić information content (AvgIpc) is 3.43. The molecule has 0 aromatic heterocycles. The first kappa shape index (κ1) is 20.7. The number of piperazine rings is 1. The fraction of sp³-hybridized carbons (Fsp3) is 0.652. The molecule has 1 unspecified atom stereocenters. The van der Waals surface area contributed by atoms with Gasteiger partial charge in [-0.1, -0.05) is 6.07 Å². The molecule has 4 fully saturated rings. The SMILES string of the molecule is N#C[C@H](Cc1ccc(N2CCN3CCOCC3C2)cc1F)NC(=O)[C@H]1N[C@H]2CC[C@H]1C2. The van der Waals surface area contributed by atoms with E-state index in [9.17, 15) is 14.4 Å². The van der Waals surface area contributed by atoms with E-state index in [1.54, 1.807) is 12.1 Å². The lowest BCUT2D eigenvalue weighted by Crippen LogP contribution is -2.58. The highest BCUT2D eigenvalue weighted by molar-refractivity contribution is 5.83. The van der Waals surface area contributed by atoms with Crippen LogP contribution < -0.4 is 15.5 Å². The lowest BCUT2D eigenvalue weighted by atomic mass is 9.98. The quantitative estimate of drug-likeness (QED) is 0.731. The first-order valence-corrected chi connectivity index (χ1v) is 11.4. The number of hydrogen-bond donors (Lipinski definition) is 2. The minimum Gasteiger partial charge on any atom is -0.378 e. The molecule has 1 amide bonds. The second kappa shape index (κ2) is 8.73. The number of hydrogen-bond acceptors (Lipinski definition) is 6. The Bertz CT molecular complexity index is 874. The molecule has 0 radical (unpaired) electrons. The molecule has 7 nitrogen and oxygen atoms in total. The fourth-order valence-electron chi connectivity index (χ4n) is 5.64. The molecule has 5 atom stereocenters. The number of nitrogens with zero attached hydrogens (tertiary/aromatic N) is 3. The smallest absolute Gasteiger partial charge is 0.238 e. The van der Waals surface area contributed by atoms with Gasteiger partial charge in [0, 0.05) is 44.3 Å². The summed E-state index contributed by atoms with van der Waals surface area (Å²) >= 11 is 0. The van der Waals surface area contributed by atoms with Crippen molar-refractivity contribution in [3.8, 4) is 6.07 Å². The third-order valence-corrected chi connectivity index (χ3v) is 7.38. The third-order valence-electron chi connectivity index (χ3n) is 7.38. The Morgan fingerprint density at radius 2 is 2.26 bits per heavy atom. The number of fused-ring (bicyclic) bond motifs is 3. The number of amides is 1. The van der Waals surface area contributed by atoms with E-state index >= 15 is 0 Å². The third kappa shape index (κ3) is 4.27. The molecule has 1 aromatic rings. The molecule has 31 heavy (non-hydrogen) atoms. The van der Waals surface area contributed by atoms with Crippen LogP contribution in [0.4, 0.5) is 10.1 Å². The van der Waals surface area contributed by atoms with E-state index in [-0.39, 0.29) is 24.2 Å². The predicted octanol–water partition coefficient (Wildman–Crippen LogP) is 1.04. The van der Waals surface area contributed by atoms with Crippen LogP contribution in [0.3, 0.4) is 0 Å². The number of rotatable bonds is 5. The standard InChI is InChI=1S/C23H30FN5O2/c24-21-11-19(29-6-5-28-7-8-31-14-20(28)13-29)4-2-15(21)9-18(12-25)27-23(30)22-16-1-3-17(10-16)26-22/h2,4,11,16-18,20,22,26H,1,3,5-10,13-14H2,(H,27,30)/t16-,17-,18-,20?,22-/m0/s1. The molecule has 1 saturated carbocycles. The van der Waals surface area contributed by atoms with Gasteiger partial charge in [-0.3, -0.25) is 9.69 Å². The zero-order chi connectivity index (χ0) is 21.4. The van der Waals surface area contributed by atoms with E-state index in [1.807, 2.05) is 6.07 Å². The van der Waals surface area contributed by atoms with Gasteiger partial charge >= 0.3 is 0 Å². The summed E-state index contributed by atoms with van der Waals surface area (Å²) in [6.07, 6.45) is 3.38. The fourth-order valence-corrected chi connectivity index (χ4v) is 5.64. The van der Waals surface area contributed by atoms with Gasteiger partial charge in [0.15, 0.2) is 0 Å². The van der Waals surface area contributed by atoms with Gasteiger partial charge in [-0.2, -0.15) is 5.26 Å². The maximum absolute atomic E-state index is 14.9. The number of carbonyl (C=O) groups is 1. The maximum atomic E-state index is 14.9. The second-order valence-electron chi connectivity index (χ2n) is 9.30. The van der Waals surface area contributed by atoms with Gasteiger partial charge in [-0.05, 0) is 42.9 Å². The summed E-state index contributed by atoms with van der Waals surface area (Å²) in [5.74, 6) is -0.105. The van der Waals surface area contributed by atoms with Gasteiger partial charge < -0.3 is 20.3 Å². The van der Waals surface area contributed by atoms with Gasteiger partial charge in [0.2, 0.25) is 5.91 Å². The largest absolute Gasteiger partial charge is 0.378 e. The van der Waals surface area contributed by atoms with E-state index < -0.39 is 6.04 Å². The monoisotopic (exact) mass is 427 g/mol. The number of benzene rings is 1. The molecule has 1 aromatic carbocycles. The Balaban J connectivity index is 1.20. The maximum Gasteiger partial charge on any atom is 0.238 e. The van der Waals surface area contributed by atoms with Crippen LogP contribution in [0.15, 0.2) is 18.2 Å². The number of nitriles is 1. The molecule has 166 valence electrons. The Labute approximate surface area is 182 Å². The Morgan fingerprint density at radius 1 is 1.35 bits per heavy atom. The van der Waals surface area contributed by atoms with Crippen LogP contribution in [0, 0.1) is 23.1 Å². The first-order chi connectivity index (χ1) is 15.1. The van der Waals surface area contributed by atoms with Crippen molar-refractivity contribution in [3.05, 3.63) is 29.6 Å². The van der Waals surface area contributed by atoms with Crippen LogP contribution >= 0.6 is 0 Å². The number of carbonyl (C=O) groups excluding carboxylic acids is 1. The van der Waals surface area contributed by atoms with Gasteiger partial charge in [-0.25, -0.2) is 4.39 Å². The highest BCUT2D eigenvalue weighted by Crippen LogP contribution is 2.35. The number of piperidine rings is 1. The van der Waals surface area contributed by atoms with Gasteiger partial charge in [0.05, 0.1) is 31.4 Å². The second-order valence-corrected chi connectivity index (χ2v) is 9.30. The Morgan fingerprint density at radius 3 is 3.00 bits per heavy atom. The van der Waals surface area contributed by atoms with Crippen molar-refractivity contribution in [2.75, 3.05) is 44.3 Å². The Hall–Kier alpha value is -2.21. The van der Waals surface area contributed by atoms with Crippen molar-refractivity contribution in [2.45, 2.75) is 49.9 Å². The highest BCUT2D eigenvalue weighted by Gasteiger charge is 2.43. The molecule has 5 rings (SSSR count). The summed E-state index contributed by atoms with van der Waals surface area (Å²) < 4.78 is 20.5. The molecule has 8 heteroatoms. The molecular formula is C23H30FN5O2. The van der Waals surface area contributed by atoms with Crippen molar-refractivity contribution in [3.63, 3.8) is 0 Å². The molecule has 3 saturated heterocycles. The zero-order valence-electron chi connectivity index (χ0n) is 17.7. The zero-order valence-corrected chi connectivity index (χ0v) is 17.7. The van der Waals surface area contributed by atoms with E-state index in [2.05, 4.69) is 26.5 Å². The minimum atomic E-state index is -0.739. The molecule has 2 N–H and O–H groups in total. The highest BCUT2D eigenvalue weighted by atomic mass is 19.1. The molecular weight excluding hydrogens is 397 g/mol. The molecule has 3 heterocycles. The molecule has 4 aliphatic rings. The van der Waals surface area contributed by atoms with Crippen LogP contribution in [0.1, 0.15) is 24.8 Å². The van der Waals surface area contributed by atoms with Crippen molar-refractivity contribution >= 4 is 11.6 Å². The van der Waals surface area contributed by atoms with Crippen LogP contribution in [0.25, 0.3) is 0 Å². The molecule has 3 aliphatic heterocycles. The van der Waals surface area contributed by atoms with Crippen LogP contribution in [-0.4, -0.2) is 74.4 Å². The molecule has 1 aliphatic carbocycles. The van der Waals surface area contributed by atoms with Gasteiger partial charge in [-0.15, -0.1) is 0 Å². The van der Waals surface area contributed by atoms with Gasteiger partial charge in [0.1, 0.15) is 11.9 Å². The minimum absolute atomic E-state index is 0.136. The van der Waals surface area contributed by atoms with E-state index in [4.69, 9.17) is 4.74 Å². The number of ether oxygens (including phenoxy) is 1. The van der Waals surface area contributed by atoms with Crippen molar-refractivity contribution in [1.29, 1.82) is 5.26 Å². The van der Waals surface area contributed by atoms with Crippen molar-refractivity contribution < 1.29 is 13.9 Å². The van der Waals surface area contributed by atoms with Crippen molar-refractivity contribution in [2.24, 2.45) is 5.92 Å². The summed E-state index contributed by atoms with van der Waals surface area (Å²) in [7, 11) is 0. The van der Waals surface area contributed by atoms with E-state index in [0.29, 0.717) is 23.6 Å². The van der Waals surface area contributed by atoms with Crippen LogP contribution in [0.2, 0.25) is 0 Å². The number of anilines is 1. The van der Waals surface area contributed by atoms with Crippen molar-refractivity contribution in [1.82, 2.24) is 15.5 Å². The molecule has 2 bridgehead atoms. The van der Waals surface area contributed by atoms with Crippen LogP contribution in [0.5, 0.6) is 0 Å². The predicted molar refractivity (Wildman–Crippen MR) is 114 cm³/mol. The lowest BCUT2D eigenvalue weighted by Gasteiger charge is -2.44. The number of halogens is 1. The normalized spacial score (nSPS) is 31.2. The summed E-state index contributed by atoms with van der Waals surface area (Å²) in [5.41, 5.74) is 1.31. The van der Waals surface area contributed by atoms with E-state index in [0.717, 1.165) is 64.3 Å². The number of morpholine rings is 1. The topological polar surface area (TPSA) is 80.6 Å². The average molecular weight is 428 g/mol. The number of nitrogens with one attached hydrogen (secondary N) is 2. The molecule has 0 spiro atoms. The van der Waals surface area contributed by atoms with E-state index in [1.165, 1.54) is 0 Å². The lowest BCUT2D eigenvalue weighted by molar-refractivity contribution is -0.124. The first-order valence-electron chi connectivity index (χ1n) is 11.4. The summed E-state index contributed by atoms with van der Waals surface area (Å²) in [6.45, 7) is 5.11. The summed E-state index contributed by atoms with van der Waals surface area (Å²) in [5, 5.41) is 15.7. The summed E-state index contributed by atoms with van der Waals surface area (Å²) in [6, 6.07) is 7.18.